The van der Waals surface area contributed by atoms with Crippen molar-refractivity contribution in [3.8, 4) is 0 Å². The van der Waals surface area contributed by atoms with E-state index in [-0.39, 0.29) is 17.9 Å². The van der Waals surface area contributed by atoms with E-state index in [0.29, 0.717) is 28.5 Å². The van der Waals surface area contributed by atoms with E-state index in [2.05, 4.69) is 15.5 Å². The monoisotopic (exact) mass is 409 g/mol. The van der Waals surface area contributed by atoms with Gasteiger partial charge in [0.05, 0.1) is 11.4 Å². The third kappa shape index (κ3) is 3.23. The first-order valence-electron chi connectivity index (χ1n) is 9.50. The number of benzene rings is 1. The number of nitrogen functional groups attached to an aromatic ring is 1. The fourth-order valence-corrected chi connectivity index (χ4v) is 4.61. The lowest BCUT2D eigenvalue weighted by atomic mass is 10.1. The number of aryl methyl sites for hydroxylation is 2. The number of nitrogens with one attached hydrogen (secondary N) is 1. The van der Waals surface area contributed by atoms with Gasteiger partial charge in [-0.15, -0.1) is 16.4 Å². The highest BCUT2D eigenvalue weighted by Crippen LogP contribution is 2.34. The van der Waals surface area contributed by atoms with E-state index < -0.39 is 0 Å². The lowest BCUT2D eigenvalue weighted by Gasteiger charge is -2.19. The molecule has 0 saturated carbocycles. The minimum Gasteiger partial charge on any atom is -0.397 e. The van der Waals surface area contributed by atoms with Crippen LogP contribution in [0, 0.1) is 13.8 Å². The van der Waals surface area contributed by atoms with E-state index in [1.807, 2.05) is 50.8 Å². The molecule has 0 fully saturated rings. The van der Waals surface area contributed by atoms with E-state index in [0.717, 1.165) is 33.3 Å². The summed E-state index contributed by atoms with van der Waals surface area (Å²) < 4.78 is 0. The van der Waals surface area contributed by atoms with Crippen LogP contribution in [0.15, 0.2) is 18.2 Å². The van der Waals surface area contributed by atoms with Crippen LogP contribution < -0.4 is 11.1 Å². The van der Waals surface area contributed by atoms with Gasteiger partial charge >= 0.3 is 0 Å². The average molecular weight is 410 g/mol. The number of nitrogens with two attached hydrogens (primary N) is 1. The lowest BCUT2D eigenvalue weighted by molar-refractivity contribution is 0.0730. The Morgan fingerprint density at radius 2 is 2.07 bits per heavy atom. The molecule has 1 aromatic carbocycles. The zero-order valence-electron chi connectivity index (χ0n) is 16.9. The molecule has 0 aliphatic carbocycles. The summed E-state index contributed by atoms with van der Waals surface area (Å²) in [6.45, 7) is 8.79. The molecule has 150 valence electrons. The number of aromatic nitrogens is 2. The number of nitrogens with zero attached hydrogens (tertiary/aromatic N) is 3. The maximum Gasteiger partial charge on any atom is 0.263 e. The van der Waals surface area contributed by atoms with Crippen molar-refractivity contribution in [1.82, 2.24) is 20.4 Å². The Balaban J connectivity index is 1.52. The maximum absolute atomic E-state index is 12.7. The molecule has 29 heavy (non-hydrogen) atoms. The first-order chi connectivity index (χ1) is 13.8. The highest BCUT2D eigenvalue weighted by Gasteiger charge is 2.29. The number of rotatable bonds is 4. The Kier molecular flexibility index (Phi) is 4.74. The summed E-state index contributed by atoms with van der Waals surface area (Å²) in [6.07, 6.45) is 0. The zero-order chi connectivity index (χ0) is 20.9. The minimum atomic E-state index is -0.233. The topological polar surface area (TPSA) is 101 Å². The van der Waals surface area contributed by atoms with E-state index in [1.54, 1.807) is 0 Å². The van der Waals surface area contributed by atoms with Crippen molar-refractivity contribution in [1.29, 1.82) is 0 Å². The zero-order valence-corrected chi connectivity index (χ0v) is 17.7. The Morgan fingerprint density at radius 1 is 1.31 bits per heavy atom. The first kappa shape index (κ1) is 19.3. The van der Waals surface area contributed by atoms with Crippen LogP contribution in [-0.4, -0.2) is 33.0 Å². The number of carbonyl (C=O) groups excluding carboxylic acids is 2. The molecule has 0 saturated heterocycles. The molecular formula is C21H23N5O2S. The highest BCUT2D eigenvalue weighted by atomic mass is 32.1. The first-order valence-corrected chi connectivity index (χ1v) is 10.3. The van der Waals surface area contributed by atoms with Crippen LogP contribution >= 0.6 is 11.3 Å². The molecule has 2 aromatic heterocycles. The van der Waals surface area contributed by atoms with Gasteiger partial charge in [-0.1, -0.05) is 12.1 Å². The van der Waals surface area contributed by atoms with Crippen molar-refractivity contribution in [2.75, 3.05) is 5.73 Å². The normalized spacial score (nSPS) is 13.4. The number of carbonyl (C=O) groups is 2. The molecular weight excluding hydrogens is 386 g/mol. The fraction of sp³-hybridized carbons (Fsp3) is 0.333. The van der Waals surface area contributed by atoms with Crippen molar-refractivity contribution in [3.05, 3.63) is 51.0 Å². The molecule has 2 amide bonds. The van der Waals surface area contributed by atoms with Crippen molar-refractivity contribution in [3.63, 3.8) is 0 Å². The van der Waals surface area contributed by atoms with Gasteiger partial charge in [-0.05, 0) is 50.5 Å². The van der Waals surface area contributed by atoms with Gasteiger partial charge in [0.2, 0.25) is 0 Å². The van der Waals surface area contributed by atoms with Crippen molar-refractivity contribution in [2.45, 2.75) is 46.8 Å². The van der Waals surface area contributed by atoms with Crippen LogP contribution in [0.3, 0.4) is 0 Å². The maximum atomic E-state index is 12.7. The van der Waals surface area contributed by atoms with Gasteiger partial charge in [0.15, 0.2) is 0 Å². The largest absolute Gasteiger partial charge is 0.397 e. The summed E-state index contributed by atoms with van der Waals surface area (Å²) in [5.74, 6) is -0.168. The highest BCUT2D eigenvalue weighted by molar-refractivity contribution is 7.21. The Labute approximate surface area is 172 Å². The van der Waals surface area contributed by atoms with E-state index in [9.17, 15) is 9.59 Å². The van der Waals surface area contributed by atoms with Gasteiger partial charge in [-0.25, -0.2) is 0 Å². The number of hydrogen-bond acceptors (Lipinski definition) is 6. The second-order valence-electron chi connectivity index (χ2n) is 7.64. The van der Waals surface area contributed by atoms with Crippen molar-refractivity contribution in [2.24, 2.45) is 0 Å². The van der Waals surface area contributed by atoms with Crippen LogP contribution in [-0.2, 0) is 13.1 Å². The van der Waals surface area contributed by atoms with Crippen LogP contribution in [0.4, 0.5) is 5.69 Å². The smallest absolute Gasteiger partial charge is 0.263 e. The number of fused-ring (bicyclic) bond motifs is 2. The van der Waals surface area contributed by atoms with Crippen LogP contribution in [0.2, 0.25) is 0 Å². The molecule has 7 nitrogen and oxygen atoms in total. The molecule has 4 rings (SSSR count). The van der Waals surface area contributed by atoms with E-state index in [4.69, 9.17) is 5.73 Å². The fourth-order valence-electron chi connectivity index (χ4n) is 3.60. The van der Waals surface area contributed by atoms with E-state index >= 15 is 0 Å². The number of amides is 2. The Bertz CT molecular complexity index is 1150. The Morgan fingerprint density at radius 3 is 2.79 bits per heavy atom. The Hall–Kier alpha value is -3.00. The molecule has 0 unspecified atom stereocenters. The standard InChI is InChI=1S/C21H23N5O2S/c1-10(2)26-9-14-7-13(5-6-15(14)21(26)28)8-23-19(27)18-17(22)16-11(3)12(4)24-25-20(16)29-18/h5-7,10H,8-9,22H2,1-4H3,(H,23,27). The summed E-state index contributed by atoms with van der Waals surface area (Å²) in [5, 5.41) is 12.0. The van der Waals surface area contributed by atoms with Gasteiger partial charge in [-0.3, -0.25) is 9.59 Å². The van der Waals surface area contributed by atoms with Crippen LogP contribution in [0.25, 0.3) is 10.2 Å². The van der Waals surface area contributed by atoms with Crippen molar-refractivity contribution < 1.29 is 9.59 Å². The molecule has 3 N–H and O–H groups in total. The van der Waals surface area contributed by atoms with Gasteiger partial charge in [0, 0.05) is 30.1 Å². The predicted octanol–water partition coefficient (Wildman–Crippen LogP) is 3.18. The molecule has 3 heterocycles. The summed E-state index contributed by atoms with van der Waals surface area (Å²) in [5.41, 5.74) is 11.1. The van der Waals surface area contributed by atoms with Crippen LogP contribution in [0.5, 0.6) is 0 Å². The minimum absolute atomic E-state index is 0.0652. The third-order valence-electron chi connectivity index (χ3n) is 5.42. The van der Waals surface area contributed by atoms with Gasteiger partial charge in [0.25, 0.3) is 11.8 Å². The third-order valence-corrected chi connectivity index (χ3v) is 6.51. The lowest BCUT2D eigenvalue weighted by Crippen LogP contribution is -2.30. The molecule has 0 bridgehead atoms. The van der Waals surface area contributed by atoms with Gasteiger partial charge in [-0.2, -0.15) is 5.10 Å². The molecule has 1 aliphatic heterocycles. The predicted molar refractivity (Wildman–Crippen MR) is 114 cm³/mol. The number of thiophene rings is 1. The number of anilines is 1. The molecule has 1 aliphatic rings. The van der Waals surface area contributed by atoms with Crippen LogP contribution in [0.1, 0.15) is 56.3 Å². The second-order valence-corrected chi connectivity index (χ2v) is 8.64. The van der Waals surface area contributed by atoms with Gasteiger partial charge < -0.3 is 16.0 Å². The van der Waals surface area contributed by atoms with Crippen molar-refractivity contribution >= 4 is 39.1 Å². The average Bonchev–Trinajstić information content (AvgIpc) is 3.20. The molecule has 0 radical (unpaired) electrons. The summed E-state index contributed by atoms with van der Waals surface area (Å²) in [7, 11) is 0. The molecule has 3 aromatic rings. The van der Waals surface area contributed by atoms with E-state index in [1.165, 1.54) is 11.3 Å². The quantitative estimate of drug-likeness (QED) is 0.689. The van der Waals surface area contributed by atoms with Gasteiger partial charge in [0.1, 0.15) is 9.71 Å². The SMILES string of the molecule is Cc1nnc2sc(C(=O)NCc3ccc4c(c3)CN(C(C)C)C4=O)c(N)c2c1C. The summed E-state index contributed by atoms with van der Waals surface area (Å²) in [6, 6.07) is 5.87. The number of hydrogen-bond donors (Lipinski definition) is 2. The molecule has 8 heteroatoms. The molecule has 0 spiro atoms. The summed E-state index contributed by atoms with van der Waals surface area (Å²) >= 11 is 1.25. The second kappa shape index (κ2) is 7.11. The molecule has 0 atom stereocenters. The summed E-state index contributed by atoms with van der Waals surface area (Å²) in [4.78, 5) is 28.1.